The molecule has 2 aromatic rings. The minimum atomic E-state index is -0.692. The lowest BCUT2D eigenvalue weighted by Gasteiger charge is -2.00. The van der Waals surface area contributed by atoms with Gasteiger partial charge in [-0.05, 0) is 6.07 Å². The molecule has 1 aromatic heterocycles. The van der Waals surface area contributed by atoms with Crippen molar-refractivity contribution in [3.8, 4) is 0 Å². The number of para-hydroxylation sites is 1. The molecule has 0 aliphatic rings. The molecule has 4 nitrogen and oxygen atoms in total. The third kappa shape index (κ3) is 1.19. The summed E-state index contributed by atoms with van der Waals surface area (Å²) in [4.78, 5) is 18.4. The minimum absolute atomic E-state index is 0.0366. The second kappa shape index (κ2) is 3.02. The van der Waals surface area contributed by atoms with E-state index in [4.69, 9.17) is 5.73 Å². The molecule has 0 saturated heterocycles. The smallest absolute Gasteiger partial charge is 0.268 e. The number of nitrogens with zero attached hydrogens (tertiary/aromatic N) is 2. The second-order valence-corrected chi connectivity index (χ2v) is 2.72. The highest BCUT2D eigenvalue weighted by Crippen LogP contribution is 2.16. The van der Waals surface area contributed by atoms with Crippen LogP contribution in [-0.4, -0.2) is 15.9 Å². The summed E-state index contributed by atoms with van der Waals surface area (Å²) in [6.45, 7) is 0. The Hall–Kier alpha value is -2.04. The van der Waals surface area contributed by atoms with Gasteiger partial charge in [-0.25, -0.2) is 14.4 Å². The highest BCUT2D eigenvalue weighted by molar-refractivity contribution is 6.03. The third-order valence-electron chi connectivity index (χ3n) is 1.85. The lowest BCUT2D eigenvalue weighted by molar-refractivity contribution is 0.0997. The summed E-state index contributed by atoms with van der Waals surface area (Å²) >= 11 is 0. The van der Waals surface area contributed by atoms with Gasteiger partial charge >= 0.3 is 0 Å². The Kier molecular flexibility index (Phi) is 1.85. The Bertz CT molecular complexity index is 512. The van der Waals surface area contributed by atoms with Gasteiger partial charge < -0.3 is 5.73 Å². The molecule has 70 valence electrons. The summed E-state index contributed by atoms with van der Waals surface area (Å²) in [5, 5.41) is 0.333. The van der Waals surface area contributed by atoms with Crippen molar-refractivity contribution < 1.29 is 9.18 Å². The molecule has 2 N–H and O–H groups in total. The fourth-order valence-electron chi connectivity index (χ4n) is 1.25. The molecular weight excluding hydrogens is 185 g/mol. The average Bonchev–Trinajstić information content (AvgIpc) is 2.17. The van der Waals surface area contributed by atoms with E-state index in [0.717, 1.165) is 6.33 Å². The van der Waals surface area contributed by atoms with Crippen molar-refractivity contribution in [1.29, 1.82) is 0 Å². The molecule has 1 aromatic carbocycles. The minimum Gasteiger partial charge on any atom is -0.364 e. The van der Waals surface area contributed by atoms with Crippen LogP contribution in [0.3, 0.4) is 0 Å². The van der Waals surface area contributed by atoms with E-state index >= 15 is 0 Å². The number of amides is 1. The number of hydrogen-bond acceptors (Lipinski definition) is 3. The maximum Gasteiger partial charge on any atom is 0.268 e. The fraction of sp³-hybridized carbons (Fsp3) is 0. The summed E-state index contributed by atoms with van der Waals surface area (Å²) in [5.41, 5.74) is 5.22. The van der Waals surface area contributed by atoms with Crippen molar-refractivity contribution in [3.63, 3.8) is 0 Å². The monoisotopic (exact) mass is 191 g/mol. The molecule has 0 aliphatic heterocycles. The van der Waals surface area contributed by atoms with Gasteiger partial charge in [-0.2, -0.15) is 0 Å². The number of carbonyl (C=O) groups excluding carboxylic acids is 1. The lowest BCUT2D eigenvalue weighted by Crippen LogP contribution is -2.14. The summed E-state index contributed by atoms with van der Waals surface area (Å²) in [6, 6.07) is 4.30. The average molecular weight is 191 g/mol. The molecule has 0 fully saturated rings. The number of hydrogen-bond donors (Lipinski definition) is 1. The van der Waals surface area contributed by atoms with E-state index in [2.05, 4.69) is 9.97 Å². The number of primary amides is 1. The predicted molar refractivity (Wildman–Crippen MR) is 48.0 cm³/mol. The Morgan fingerprint density at radius 2 is 2.14 bits per heavy atom. The molecule has 0 bridgehead atoms. The van der Waals surface area contributed by atoms with Crippen LogP contribution in [0.5, 0.6) is 0 Å². The highest BCUT2D eigenvalue weighted by atomic mass is 19.1. The SMILES string of the molecule is NC(=O)c1ncnc2c(F)cccc12. The van der Waals surface area contributed by atoms with Crippen LogP contribution in [-0.2, 0) is 0 Å². The first-order valence-electron chi connectivity index (χ1n) is 3.89. The molecule has 14 heavy (non-hydrogen) atoms. The van der Waals surface area contributed by atoms with Crippen LogP contribution >= 0.6 is 0 Å². The zero-order valence-electron chi connectivity index (χ0n) is 7.07. The van der Waals surface area contributed by atoms with Crippen LogP contribution in [0, 0.1) is 5.82 Å². The summed E-state index contributed by atoms with van der Waals surface area (Å²) in [5.74, 6) is -1.18. The van der Waals surface area contributed by atoms with Crippen LogP contribution in [0.15, 0.2) is 24.5 Å². The van der Waals surface area contributed by atoms with E-state index in [1.807, 2.05) is 0 Å². The highest BCUT2D eigenvalue weighted by Gasteiger charge is 2.10. The van der Waals surface area contributed by atoms with Crippen LogP contribution < -0.4 is 5.73 Å². The number of rotatable bonds is 1. The third-order valence-corrected chi connectivity index (χ3v) is 1.85. The Morgan fingerprint density at radius 1 is 1.36 bits per heavy atom. The van der Waals surface area contributed by atoms with Gasteiger partial charge in [0.2, 0.25) is 0 Å². The van der Waals surface area contributed by atoms with E-state index in [9.17, 15) is 9.18 Å². The predicted octanol–water partition coefficient (Wildman–Crippen LogP) is 0.868. The molecule has 2 rings (SSSR count). The molecule has 0 aliphatic carbocycles. The quantitative estimate of drug-likeness (QED) is 0.727. The number of carbonyl (C=O) groups is 1. The molecule has 0 spiro atoms. The lowest BCUT2D eigenvalue weighted by atomic mass is 10.2. The fourth-order valence-corrected chi connectivity index (χ4v) is 1.25. The van der Waals surface area contributed by atoms with E-state index in [0.29, 0.717) is 5.39 Å². The Morgan fingerprint density at radius 3 is 2.86 bits per heavy atom. The number of aromatic nitrogens is 2. The van der Waals surface area contributed by atoms with Gasteiger partial charge in [-0.3, -0.25) is 4.79 Å². The van der Waals surface area contributed by atoms with Crippen LogP contribution in [0.1, 0.15) is 10.5 Å². The van der Waals surface area contributed by atoms with Gasteiger partial charge in [0.1, 0.15) is 23.4 Å². The van der Waals surface area contributed by atoms with Crippen molar-refractivity contribution >= 4 is 16.8 Å². The van der Waals surface area contributed by atoms with Gasteiger partial charge in [0.15, 0.2) is 0 Å². The molecule has 0 radical (unpaired) electrons. The van der Waals surface area contributed by atoms with Crippen LogP contribution in [0.2, 0.25) is 0 Å². The van der Waals surface area contributed by atoms with Gasteiger partial charge in [0.25, 0.3) is 5.91 Å². The normalized spacial score (nSPS) is 10.4. The Balaban J connectivity index is 2.88. The number of nitrogens with two attached hydrogens (primary N) is 1. The molecule has 1 heterocycles. The standard InChI is InChI=1S/C9H6FN3O/c10-6-3-1-2-5-7(6)12-4-13-8(5)9(11)14/h1-4H,(H2,11,14). The van der Waals surface area contributed by atoms with Crippen molar-refractivity contribution in [2.45, 2.75) is 0 Å². The van der Waals surface area contributed by atoms with Gasteiger partial charge in [0, 0.05) is 5.39 Å². The summed E-state index contributed by atoms with van der Waals surface area (Å²) in [6.07, 6.45) is 1.12. The zero-order valence-corrected chi connectivity index (χ0v) is 7.07. The zero-order chi connectivity index (χ0) is 10.1. The molecular formula is C9H6FN3O. The van der Waals surface area contributed by atoms with Crippen molar-refractivity contribution in [2.24, 2.45) is 5.73 Å². The van der Waals surface area contributed by atoms with Crippen molar-refractivity contribution in [3.05, 3.63) is 36.0 Å². The maximum absolute atomic E-state index is 13.2. The van der Waals surface area contributed by atoms with Gasteiger partial charge in [-0.1, -0.05) is 12.1 Å². The first kappa shape index (κ1) is 8.55. The number of halogens is 1. The van der Waals surface area contributed by atoms with E-state index in [1.165, 1.54) is 12.1 Å². The molecule has 0 saturated carbocycles. The number of fused-ring (bicyclic) bond motifs is 1. The van der Waals surface area contributed by atoms with Gasteiger partial charge in [-0.15, -0.1) is 0 Å². The number of benzene rings is 1. The van der Waals surface area contributed by atoms with Gasteiger partial charge in [0.05, 0.1) is 0 Å². The van der Waals surface area contributed by atoms with Crippen molar-refractivity contribution in [2.75, 3.05) is 0 Å². The molecule has 0 atom stereocenters. The van der Waals surface area contributed by atoms with E-state index in [1.54, 1.807) is 6.07 Å². The first-order chi connectivity index (χ1) is 6.70. The topological polar surface area (TPSA) is 68.9 Å². The summed E-state index contributed by atoms with van der Waals surface area (Å²) < 4.78 is 13.2. The Labute approximate surface area is 78.6 Å². The van der Waals surface area contributed by atoms with Crippen LogP contribution in [0.4, 0.5) is 4.39 Å². The van der Waals surface area contributed by atoms with Crippen LogP contribution in [0.25, 0.3) is 10.9 Å². The van der Waals surface area contributed by atoms with E-state index in [-0.39, 0.29) is 11.2 Å². The molecule has 5 heteroatoms. The largest absolute Gasteiger partial charge is 0.364 e. The van der Waals surface area contributed by atoms with Crippen molar-refractivity contribution in [1.82, 2.24) is 9.97 Å². The molecule has 1 amide bonds. The summed E-state index contributed by atoms with van der Waals surface area (Å²) in [7, 11) is 0. The molecule has 0 unspecified atom stereocenters. The van der Waals surface area contributed by atoms with E-state index < -0.39 is 11.7 Å². The maximum atomic E-state index is 13.2. The first-order valence-corrected chi connectivity index (χ1v) is 3.89. The second-order valence-electron chi connectivity index (χ2n) is 2.72.